The van der Waals surface area contributed by atoms with Gasteiger partial charge in [-0.25, -0.2) is 10.8 Å². The summed E-state index contributed by atoms with van der Waals surface area (Å²) >= 11 is 6.47. The Morgan fingerprint density at radius 1 is 1.00 bits per heavy atom. The Kier molecular flexibility index (Phi) is 4.58. The van der Waals surface area contributed by atoms with Gasteiger partial charge >= 0.3 is 0 Å². The van der Waals surface area contributed by atoms with Crippen LogP contribution >= 0.6 is 11.6 Å². The van der Waals surface area contributed by atoms with Gasteiger partial charge in [-0.2, -0.15) is 0 Å². The van der Waals surface area contributed by atoms with Gasteiger partial charge in [-0.15, -0.1) is 0 Å². The largest absolute Gasteiger partial charge is 0.505 e. The molecule has 4 aromatic rings. The predicted molar refractivity (Wildman–Crippen MR) is 105 cm³/mol. The van der Waals surface area contributed by atoms with E-state index in [0.29, 0.717) is 27.3 Å². The fourth-order valence-electron chi connectivity index (χ4n) is 3.08. The number of fused-ring (bicyclic) bond motifs is 1. The summed E-state index contributed by atoms with van der Waals surface area (Å²) in [6.07, 6.45) is 6.64. The highest BCUT2D eigenvalue weighted by atomic mass is 35.5. The number of rotatable bonds is 4. The van der Waals surface area contributed by atoms with Crippen molar-refractivity contribution in [2.24, 2.45) is 5.84 Å². The molecular formula is C20H16ClN5O. The molecule has 3 heterocycles. The van der Waals surface area contributed by atoms with Crippen LogP contribution in [-0.2, 0) is 0 Å². The van der Waals surface area contributed by atoms with Crippen molar-refractivity contribution < 1.29 is 5.11 Å². The van der Waals surface area contributed by atoms with Crippen LogP contribution in [0.15, 0.2) is 73.3 Å². The molecule has 0 saturated carbocycles. The smallest absolute Gasteiger partial charge is 0.147 e. The molecule has 0 amide bonds. The average Bonchev–Trinajstić information content (AvgIpc) is 2.73. The lowest BCUT2D eigenvalue weighted by Gasteiger charge is -2.29. The van der Waals surface area contributed by atoms with Gasteiger partial charge in [-0.05, 0) is 42.0 Å². The number of aromatic hydroxyl groups is 1. The van der Waals surface area contributed by atoms with Gasteiger partial charge in [0, 0.05) is 35.7 Å². The number of nitrogens with zero attached hydrogens (tertiary/aromatic N) is 4. The van der Waals surface area contributed by atoms with E-state index in [1.807, 2.05) is 30.3 Å². The minimum Gasteiger partial charge on any atom is -0.505 e. The van der Waals surface area contributed by atoms with Crippen LogP contribution in [0, 0.1) is 0 Å². The Bertz CT molecular complexity index is 1080. The van der Waals surface area contributed by atoms with Gasteiger partial charge < -0.3 is 5.11 Å². The van der Waals surface area contributed by atoms with Gasteiger partial charge in [0.25, 0.3) is 0 Å². The summed E-state index contributed by atoms with van der Waals surface area (Å²) in [5.74, 6) is 7.00. The van der Waals surface area contributed by atoms with Crippen molar-refractivity contribution in [2.45, 2.75) is 6.04 Å². The van der Waals surface area contributed by atoms with Crippen LogP contribution in [0.2, 0.25) is 5.02 Å². The zero-order valence-electron chi connectivity index (χ0n) is 14.2. The third kappa shape index (κ3) is 3.16. The molecule has 0 aliphatic rings. The van der Waals surface area contributed by atoms with Gasteiger partial charge in [0.15, 0.2) is 0 Å². The molecule has 0 radical (unpaired) electrons. The second kappa shape index (κ2) is 7.19. The number of benzene rings is 1. The third-order valence-corrected chi connectivity index (χ3v) is 4.64. The number of hydrogen-bond acceptors (Lipinski definition) is 6. The molecule has 134 valence electrons. The third-order valence-electron chi connectivity index (χ3n) is 4.33. The second-order valence-electron chi connectivity index (χ2n) is 5.98. The SMILES string of the molecule is NN(c1ccccn1)C(c1cccnc1)c1cc(Cl)c2cccnc2c1O. The first-order chi connectivity index (χ1) is 13.2. The number of anilines is 1. The zero-order chi connectivity index (χ0) is 18.8. The van der Waals surface area contributed by atoms with Crippen molar-refractivity contribution in [1.82, 2.24) is 15.0 Å². The second-order valence-corrected chi connectivity index (χ2v) is 6.39. The molecule has 3 N–H and O–H groups in total. The number of hydrogen-bond donors (Lipinski definition) is 2. The molecule has 0 aliphatic heterocycles. The van der Waals surface area contributed by atoms with Crippen molar-refractivity contribution in [3.63, 3.8) is 0 Å². The van der Waals surface area contributed by atoms with E-state index in [1.54, 1.807) is 43.0 Å². The Morgan fingerprint density at radius 3 is 2.56 bits per heavy atom. The predicted octanol–water partition coefficient (Wildman–Crippen LogP) is 3.85. The first-order valence-corrected chi connectivity index (χ1v) is 8.65. The molecule has 1 atom stereocenters. The quantitative estimate of drug-likeness (QED) is 0.415. The Morgan fingerprint density at radius 2 is 1.81 bits per heavy atom. The van der Waals surface area contributed by atoms with Crippen LogP contribution in [0.25, 0.3) is 10.9 Å². The van der Waals surface area contributed by atoms with Crippen LogP contribution in [0.1, 0.15) is 17.2 Å². The Labute approximate surface area is 160 Å². The lowest BCUT2D eigenvalue weighted by molar-refractivity contribution is 0.468. The lowest BCUT2D eigenvalue weighted by Crippen LogP contribution is -2.36. The molecule has 4 rings (SSSR count). The van der Waals surface area contributed by atoms with E-state index in [1.165, 1.54) is 5.01 Å². The van der Waals surface area contributed by atoms with Crippen molar-refractivity contribution in [3.05, 3.63) is 89.5 Å². The van der Waals surface area contributed by atoms with Crippen molar-refractivity contribution >= 4 is 28.3 Å². The maximum Gasteiger partial charge on any atom is 0.147 e. The molecular weight excluding hydrogens is 362 g/mol. The van der Waals surface area contributed by atoms with Crippen LogP contribution < -0.4 is 10.9 Å². The molecule has 0 spiro atoms. The summed E-state index contributed by atoms with van der Waals surface area (Å²) in [7, 11) is 0. The number of pyridine rings is 3. The number of nitrogens with two attached hydrogens (primary N) is 1. The summed E-state index contributed by atoms with van der Waals surface area (Å²) in [6.45, 7) is 0. The maximum atomic E-state index is 11.0. The molecule has 7 heteroatoms. The van der Waals surface area contributed by atoms with Gasteiger partial charge in [0.05, 0.1) is 5.02 Å². The average molecular weight is 378 g/mol. The highest BCUT2D eigenvalue weighted by Crippen LogP contribution is 2.40. The van der Waals surface area contributed by atoms with E-state index in [2.05, 4.69) is 15.0 Å². The van der Waals surface area contributed by atoms with Crippen molar-refractivity contribution in [2.75, 3.05) is 5.01 Å². The molecule has 0 bridgehead atoms. The molecule has 0 saturated heterocycles. The highest BCUT2D eigenvalue weighted by molar-refractivity contribution is 6.35. The monoisotopic (exact) mass is 377 g/mol. The van der Waals surface area contributed by atoms with Gasteiger partial charge in [0.1, 0.15) is 23.1 Å². The van der Waals surface area contributed by atoms with Gasteiger partial charge in [0.2, 0.25) is 0 Å². The Hall–Kier alpha value is -3.22. The fraction of sp³-hybridized carbons (Fsp3) is 0.0500. The van der Waals surface area contributed by atoms with Crippen LogP contribution in [0.3, 0.4) is 0 Å². The van der Waals surface area contributed by atoms with Gasteiger partial charge in [-0.1, -0.05) is 23.7 Å². The number of aromatic nitrogens is 3. The highest BCUT2D eigenvalue weighted by Gasteiger charge is 2.26. The molecule has 1 unspecified atom stereocenters. The standard InChI is InChI=1S/C20H16ClN5O/c21-16-11-15(20(27)18-14(16)6-4-10-25-18)19(13-5-3-8-23-12-13)26(22)17-7-1-2-9-24-17/h1-12,19,27H,22H2. The number of phenolic OH excluding ortho intramolecular Hbond substituents is 1. The number of hydrazine groups is 1. The summed E-state index contributed by atoms with van der Waals surface area (Å²) in [4.78, 5) is 12.8. The maximum absolute atomic E-state index is 11.0. The van der Waals surface area contributed by atoms with E-state index < -0.39 is 6.04 Å². The molecule has 3 aromatic heterocycles. The number of halogens is 1. The molecule has 0 aliphatic carbocycles. The van der Waals surface area contributed by atoms with E-state index in [-0.39, 0.29) is 5.75 Å². The molecule has 0 fully saturated rings. The molecule has 6 nitrogen and oxygen atoms in total. The van der Waals surface area contributed by atoms with E-state index in [0.717, 1.165) is 5.56 Å². The Balaban J connectivity index is 1.95. The number of phenols is 1. The molecule has 1 aromatic carbocycles. The topological polar surface area (TPSA) is 88.2 Å². The lowest BCUT2D eigenvalue weighted by atomic mass is 9.96. The summed E-state index contributed by atoms with van der Waals surface area (Å²) < 4.78 is 0. The normalized spacial score (nSPS) is 12.1. The summed E-state index contributed by atoms with van der Waals surface area (Å²) in [6, 6.07) is 13.9. The summed E-state index contributed by atoms with van der Waals surface area (Å²) in [5.41, 5.74) is 1.72. The van der Waals surface area contributed by atoms with E-state index in [4.69, 9.17) is 17.4 Å². The van der Waals surface area contributed by atoms with Crippen LogP contribution in [-0.4, -0.2) is 20.1 Å². The molecule has 27 heavy (non-hydrogen) atoms. The van der Waals surface area contributed by atoms with Gasteiger partial charge in [-0.3, -0.25) is 15.0 Å². The first-order valence-electron chi connectivity index (χ1n) is 8.28. The first kappa shape index (κ1) is 17.2. The van der Waals surface area contributed by atoms with E-state index in [9.17, 15) is 5.11 Å². The van der Waals surface area contributed by atoms with E-state index >= 15 is 0 Å². The van der Waals surface area contributed by atoms with Crippen molar-refractivity contribution in [3.8, 4) is 5.75 Å². The summed E-state index contributed by atoms with van der Waals surface area (Å²) in [5, 5.41) is 13.6. The minimum absolute atomic E-state index is 0.0234. The fourth-order valence-corrected chi connectivity index (χ4v) is 3.35. The van der Waals surface area contributed by atoms with Crippen molar-refractivity contribution in [1.29, 1.82) is 0 Å². The van der Waals surface area contributed by atoms with Crippen LogP contribution in [0.4, 0.5) is 5.82 Å². The zero-order valence-corrected chi connectivity index (χ0v) is 15.0. The minimum atomic E-state index is -0.558. The van der Waals surface area contributed by atoms with Crippen LogP contribution in [0.5, 0.6) is 5.75 Å².